The van der Waals surface area contributed by atoms with Gasteiger partial charge >= 0.3 is 0 Å². The monoisotopic (exact) mass is 298 g/mol. The van der Waals surface area contributed by atoms with Gasteiger partial charge in [-0.05, 0) is 56.3 Å². The van der Waals surface area contributed by atoms with Crippen LogP contribution >= 0.6 is 0 Å². The fourth-order valence-corrected chi connectivity index (χ4v) is 3.48. The average Bonchev–Trinajstić information content (AvgIpc) is 3.31. The van der Waals surface area contributed by atoms with Crippen LogP contribution in [-0.2, 0) is 4.74 Å². The van der Waals surface area contributed by atoms with E-state index >= 15 is 0 Å². The molecule has 0 amide bonds. The molecule has 1 aromatic heterocycles. The fourth-order valence-electron chi connectivity index (χ4n) is 3.48. The number of nitrogens with zero attached hydrogens (tertiary/aromatic N) is 2. The molecule has 4 nitrogen and oxygen atoms in total. The van der Waals surface area contributed by atoms with Gasteiger partial charge in [0.1, 0.15) is 0 Å². The summed E-state index contributed by atoms with van der Waals surface area (Å²) in [5.41, 5.74) is 1.33. The fraction of sp³-hybridized carbons (Fsp3) is 0.500. The smallest absolute Gasteiger partial charge is 0.258 e. The Labute approximate surface area is 130 Å². The van der Waals surface area contributed by atoms with Gasteiger partial charge in [0.05, 0.1) is 12.2 Å². The van der Waals surface area contributed by atoms with Crippen molar-refractivity contribution in [2.75, 3.05) is 18.0 Å². The van der Waals surface area contributed by atoms with Crippen LogP contribution in [0.3, 0.4) is 0 Å². The Bertz CT molecular complexity index is 753. The Hall–Kier alpha value is -1.81. The summed E-state index contributed by atoms with van der Waals surface area (Å²) >= 11 is 0. The second-order valence-electron chi connectivity index (χ2n) is 6.69. The first-order chi connectivity index (χ1) is 10.6. The van der Waals surface area contributed by atoms with Crippen LogP contribution in [-0.4, -0.2) is 29.9 Å². The lowest BCUT2D eigenvalue weighted by Crippen LogP contribution is -2.45. The van der Waals surface area contributed by atoms with Crippen molar-refractivity contribution in [1.29, 1.82) is 0 Å². The number of morpholine rings is 1. The molecule has 0 radical (unpaired) electrons. The van der Waals surface area contributed by atoms with E-state index in [1.807, 2.05) is 16.8 Å². The quantitative estimate of drug-likeness (QED) is 0.855. The van der Waals surface area contributed by atoms with E-state index < -0.39 is 0 Å². The largest absolute Gasteiger partial charge is 0.372 e. The first-order valence-electron chi connectivity index (χ1n) is 8.17. The van der Waals surface area contributed by atoms with Gasteiger partial charge in [0, 0.05) is 36.4 Å². The van der Waals surface area contributed by atoms with E-state index in [1.165, 1.54) is 5.69 Å². The highest BCUT2D eigenvalue weighted by atomic mass is 16.5. The maximum absolute atomic E-state index is 12.5. The minimum absolute atomic E-state index is 0.148. The molecule has 22 heavy (non-hydrogen) atoms. The van der Waals surface area contributed by atoms with E-state index in [0.717, 1.165) is 36.7 Å². The maximum Gasteiger partial charge on any atom is 0.258 e. The van der Waals surface area contributed by atoms with Crippen molar-refractivity contribution in [2.45, 2.75) is 44.9 Å². The molecule has 1 saturated carbocycles. The Morgan fingerprint density at radius 2 is 1.82 bits per heavy atom. The molecule has 2 fully saturated rings. The molecule has 2 aromatic rings. The Kier molecular flexibility index (Phi) is 3.22. The molecule has 1 aliphatic heterocycles. The molecule has 1 aromatic carbocycles. The number of fused-ring (bicyclic) bond motifs is 1. The highest BCUT2D eigenvalue weighted by Gasteiger charge is 2.25. The highest BCUT2D eigenvalue weighted by Crippen LogP contribution is 2.34. The lowest BCUT2D eigenvalue weighted by molar-refractivity contribution is -0.00521. The normalized spacial score (nSPS) is 25.6. The second-order valence-corrected chi connectivity index (χ2v) is 6.69. The predicted octanol–water partition coefficient (Wildman–Crippen LogP) is 2.95. The second kappa shape index (κ2) is 5.13. The van der Waals surface area contributed by atoms with E-state index in [-0.39, 0.29) is 17.8 Å². The Morgan fingerprint density at radius 1 is 1.09 bits per heavy atom. The molecule has 2 aliphatic rings. The molecule has 0 N–H and O–H groups in total. The van der Waals surface area contributed by atoms with Gasteiger partial charge in [-0.25, -0.2) is 0 Å². The van der Waals surface area contributed by atoms with Crippen LogP contribution in [0.5, 0.6) is 0 Å². The van der Waals surface area contributed by atoms with Gasteiger partial charge in [-0.15, -0.1) is 0 Å². The Morgan fingerprint density at radius 3 is 2.50 bits per heavy atom. The van der Waals surface area contributed by atoms with Gasteiger partial charge in [0.2, 0.25) is 0 Å². The number of ether oxygens (including phenoxy) is 1. The number of hydrogen-bond donors (Lipinski definition) is 0. The van der Waals surface area contributed by atoms with E-state index in [0.29, 0.717) is 6.04 Å². The highest BCUT2D eigenvalue weighted by molar-refractivity contribution is 5.85. The molecule has 4 rings (SSSR count). The number of benzene rings is 1. The van der Waals surface area contributed by atoms with Crippen molar-refractivity contribution in [3.05, 3.63) is 40.8 Å². The molecule has 4 heteroatoms. The van der Waals surface area contributed by atoms with Crippen molar-refractivity contribution in [1.82, 2.24) is 4.57 Å². The summed E-state index contributed by atoms with van der Waals surface area (Å²) in [6.07, 6.45) is 4.70. The van der Waals surface area contributed by atoms with Gasteiger partial charge < -0.3 is 14.2 Å². The maximum atomic E-state index is 12.5. The molecule has 116 valence electrons. The third-order valence-electron chi connectivity index (χ3n) is 4.64. The average molecular weight is 298 g/mol. The van der Waals surface area contributed by atoms with Gasteiger partial charge in [-0.3, -0.25) is 4.79 Å². The number of hydrogen-bond acceptors (Lipinski definition) is 3. The molecule has 0 spiro atoms. The molecule has 1 aliphatic carbocycles. The summed E-state index contributed by atoms with van der Waals surface area (Å²) in [5, 5.41) is 1.86. The molecular weight excluding hydrogens is 276 g/mol. The summed E-state index contributed by atoms with van der Waals surface area (Å²) in [6, 6.07) is 8.70. The predicted molar refractivity (Wildman–Crippen MR) is 88.7 cm³/mol. The van der Waals surface area contributed by atoms with E-state index in [2.05, 4.69) is 36.9 Å². The van der Waals surface area contributed by atoms with E-state index in [1.54, 1.807) is 0 Å². The van der Waals surface area contributed by atoms with Gasteiger partial charge in [0.15, 0.2) is 0 Å². The minimum atomic E-state index is 0.148. The van der Waals surface area contributed by atoms with E-state index in [4.69, 9.17) is 4.74 Å². The zero-order valence-electron chi connectivity index (χ0n) is 13.2. The lowest BCUT2D eigenvalue weighted by atomic mass is 10.1. The summed E-state index contributed by atoms with van der Waals surface area (Å²) < 4.78 is 7.69. The summed E-state index contributed by atoms with van der Waals surface area (Å²) in [6.45, 7) is 6.01. The number of rotatable bonds is 2. The van der Waals surface area contributed by atoms with Gasteiger partial charge in [-0.2, -0.15) is 0 Å². The number of aromatic nitrogens is 1. The van der Waals surface area contributed by atoms with Crippen LogP contribution in [0.25, 0.3) is 10.8 Å². The van der Waals surface area contributed by atoms with Crippen molar-refractivity contribution in [3.8, 4) is 0 Å². The van der Waals surface area contributed by atoms with Crippen LogP contribution in [0.2, 0.25) is 0 Å². The first-order valence-corrected chi connectivity index (χ1v) is 8.17. The molecular formula is C18H22N2O2. The summed E-state index contributed by atoms with van der Waals surface area (Å²) in [4.78, 5) is 14.9. The number of pyridine rings is 1. The van der Waals surface area contributed by atoms with Crippen molar-refractivity contribution in [3.63, 3.8) is 0 Å². The van der Waals surface area contributed by atoms with Gasteiger partial charge in [0.25, 0.3) is 5.56 Å². The molecule has 0 bridgehead atoms. The third kappa shape index (κ3) is 2.41. The summed E-state index contributed by atoms with van der Waals surface area (Å²) in [7, 11) is 0. The van der Waals surface area contributed by atoms with Gasteiger partial charge in [-0.1, -0.05) is 0 Å². The molecule has 1 saturated heterocycles. The standard InChI is InChI=1S/C18H22N2O2/c1-12-10-19(11-13(2)22-12)16-5-6-17-14(9-16)7-8-20(18(17)21)15-3-4-15/h5-9,12-13,15H,3-4,10-11H2,1-2H3/t12-,13+. The first kappa shape index (κ1) is 13.8. The topological polar surface area (TPSA) is 34.5 Å². The summed E-state index contributed by atoms with van der Waals surface area (Å²) in [5.74, 6) is 0. The number of anilines is 1. The van der Waals surface area contributed by atoms with Crippen LogP contribution < -0.4 is 10.5 Å². The van der Waals surface area contributed by atoms with Crippen LogP contribution in [0.1, 0.15) is 32.7 Å². The molecule has 2 heterocycles. The zero-order valence-corrected chi connectivity index (χ0v) is 13.2. The van der Waals surface area contributed by atoms with Crippen molar-refractivity contribution < 1.29 is 4.74 Å². The van der Waals surface area contributed by atoms with Crippen LogP contribution in [0.4, 0.5) is 5.69 Å². The third-order valence-corrected chi connectivity index (χ3v) is 4.64. The van der Waals surface area contributed by atoms with Crippen molar-refractivity contribution >= 4 is 16.5 Å². The van der Waals surface area contributed by atoms with E-state index in [9.17, 15) is 4.79 Å². The SMILES string of the molecule is C[C@@H]1CN(c2ccc3c(=O)n(C4CC4)ccc3c2)C[C@H](C)O1. The minimum Gasteiger partial charge on any atom is -0.372 e. The van der Waals surface area contributed by atoms with Crippen molar-refractivity contribution in [2.24, 2.45) is 0 Å². The Balaban J connectivity index is 1.72. The van der Waals surface area contributed by atoms with Crippen LogP contribution in [0, 0.1) is 0 Å². The zero-order chi connectivity index (χ0) is 15.3. The molecule has 2 atom stereocenters. The molecule has 0 unspecified atom stereocenters. The lowest BCUT2D eigenvalue weighted by Gasteiger charge is -2.37. The van der Waals surface area contributed by atoms with Crippen LogP contribution in [0.15, 0.2) is 35.3 Å².